The van der Waals surface area contributed by atoms with Crippen LogP contribution in [-0.4, -0.2) is 30.9 Å². The summed E-state index contributed by atoms with van der Waals surface area (Å²) < 4.78 is 0. The van der Waals surface area contributed by atoms with Crippen LogP contribution in [0.3, 0.4) is 0 Å². The first kappa shape index (κ1) is 19.9. The smallest absolute Gasteiger partial charge is 0.227 e. The molecule has 6 nitrogen and oxygen atoms in total. The number of pyridine rings is 1. The lowest BCUT2D eigenvalue weighted by atomic mass is 9.81. The normalized spacial score (nSPS) is 18.9. The van der Waals surface area contributed by atoms with Crippen molar-refractivity contribution < 1.29 is 9.59 Å². The van der Waals surface area contributed by atoms with Crippen molar-refractivity contribution in [2.45, 2.75) is 32.2 Å². The summed E-state index contributed by atoms with van der Waals surface area (Å²) in [7, 11) is 3.97. The molecular weight excluding hydrogens is 352 g/mol. The van der Waals surface area contributed by atoms with E-state index in [1.54, 1.807) is 12.4 Å². The summed E-state index contributed by atoms with van der Waals surface area (Å²) in [6.45, 7) is 0.496. The molecule has 0 radical (unpaired) electrons. The highest BCUT2D eigenvalue weighted by atomic mass is 16.2. The van der Waals surface area contributed by atoms with Gasteiger partial charge in [-0.15, -0.1) is 0 Å². The molecule has 28 heavy (non-hydrogen) atoms. The number of nitrogens with one attached hydrogen (secondary N) is 2. The number of anilines is 2. The molecule has 1 heterocycles. The number of carbonyl (C=O) groups is 2. The number of aromatic nitrogens is 1. The van der Waals surface area contributed by atoms with Crippen LogP contribution in [-0.2, 0) is 16.1 Å². The first-order chi connectivity index (χ1) is 13.5. The van der Waals surface area contributed by atoms with E-state index >= 15 is 0 Å². The van der Waals surface area contributed by atoms with E-state index in [1.807, 2.05) is 55.4 Å². The van der Waals surface area contributed by atoms with Crippen LogP contribution in [0.5, 0.6) is 0 Å². The lowest BCUT2D eigenvalue weighted by Gasteiger charge is -2.27. The molecule has 1 saturated carbocycles. The van der Waals surface area contributed by atoms with Crippen molar-refractivity contribution in [3.63, 3.8) is 0 Å². The highest BCUT2D eigenvalue weighted by Crippen LogP contribution is 2.30. The van der Waals surface area contributed by atoms with Gasteiger partial charge in [-0.25, -0.2) is 0 Å². The third-order valence-corrected chi connectivity index (χ3v) is 5.31. The first-order valence-corrected chi connectivity index (χ1v) is 9.78. The average molecular weight is 380 g/mol. The Kier molecular flexibility index (Phi) is 6.63. The zero-order valence-corrected chi connectivity index (χ0v) is 16.5. The number of hydrogen-bond acceptors (Lipinski definition) is 4. The summed E-state index contributed by atoms with van der Waals surface area (Å²) >= 11 is 0. The van der Waals surface area contributed by atoms with Gasteiger partial charge in [-0.1, -0.05) is 6.07 Å². The Balaban J connectivity index is 1.43. The molecule has 3 rings (SSSR count). The van der Waals surface area contributed by atoms with Crippen molar-refractivity contribution in [1.29, 1.82) is 0 Å². The SMILES string of the molecule is CN(C)c1ccc(NC(=O)C2CCC(C(=O)NCc3cccnc3)CC2)cc1. The molecule has 0 spiro atoms. The molecule has 0 unspecified atom stereocenters. The monoisotopic (exact) mass is 380 g/mol. The van der Waals surface area contributed by atoms with Gasteiger partial charge in [-0.3, -0.25) is 14.6 Å². The van der Waals surface area contributed by atoms with Crippen LogP contribution in [0.15, 0.2) is 48.8 Å². The molecule has 1 aliphatic carbocycles. The zero-order valence-electron chi connectivity index (χ0n) is 16.5. The molecule has 0 aliphatic heterocycles. The topological polar surface area (TPSA) is 74.3 Å². The van der Waals surface area contributed by atoms with Gasteiger partial charge in [0.25, 0.3) is 0 Å². The minimum atomic E-state index is -0.0316. The molecule has 2 amide bonds. The zero-order chi connectivity index (χ0) is 19.9. The van der Waals surface area contributed by atoms with Crippen LogP contribution in [0.25, 0.3) is 0 Å². The van der Waals surface area contributed by atoms with Gasteiger partial charge in [-0.05, 0) is 61.6 Å². The fourth-order valence-electron chi connectivity index (χ4n) is 3.54. The predicted molar refractivity (Wildman–Crippen MR) is 111 cm³/mol. The molecule has 0 atom stereocenters. The summed E-state index contributed by atoms with van der Waals surface area (Å²) in [5.41, 5.74) is 2.90. The minimum absolute atomic E-state index is 0.0138. The van der Waals surface area contributed by atoms with Gasteiger partial charge >= 0.3 is 0 Å². The van der Waals surface area contributed by atoms with E-state index in [0.717, 1.165) is 42.6 Å². The number of benzene rings is 1. The van der Waals surface area contributed by atoms with Gasteiger partial charge in [0.1, 0.15) is 0 Å². The molecule has 148 valence electrons. The van der Waals surface area contributed by atoms with Crippen LogP contribution in [0, 0.1) is 11.8 Å². The molecule has 1 aliphatic rings. The first-order valence-electron chi connectivity index (χ1n) is 9.78. The number of carbonyl (C=O) groups excluding carboxylic acids is 2. The fourth-order valence-corrected chi connectivity index (χ4v) is 3.54. The van der Waals surface area contributed by atoms with E-state index in [9.17, 15) is 9.59 Å². The molecule has 2 N–H and O–H groups in total. The van der Waals surface area contributed by atoms with Crippen LogP contribution in [0.1, 0.15) is 31.2 Å². The molecule has 1 aromatic heterocycles. The Morgan fingerprint density at radius 2 is 1.64 bits per heavy atom. The molecular formula is C22H28N4O2. The van der Waals surface area contributed by atoms with Gasteiger partial charge in [0.15, 0.2) is 0 Å². The number of hydrogen-bond donors (Lipinski definition) is 2. The predicted octanol–water partition coefficient (Wildman–Crippen LogP) is 3.21. The van der Waals surface area contributed by atoms with Gasteiger partial charge in [0, 0.05) is 56.2 Å². The van der Waals surface area contributed by atoms with E-state index in [0.29, 0.717) is 6.54 Å². The van der Waals surface area contributed by atoms with Crippen molar-refractivity contribution in [2.75, 3.05) is 24.3 Å². The quantitative estimate of drug-likeness (QED) is 0.807. The number of amides is 2. The molecule has 2 aromatic rings. The summed E-state index contributed by atoms with van der Waals surface area (Å²) in [6.07, 6.45) is 6.45. The molecule has 1 aromatic carbocycles. The molecule has 0 bridgehead atoms. The van der Waals surface area contributed by atoms with Crippen LogP contribution in [0.2, 0.25) is 0 Å². The third-order valence-electron chi connectivity index (χ3n) is 5.31. The second-order valence-corrected chi connectivity index (χ2v) is 7.56. The van der Waals surface area contributed by atoms with E-state index in [-0.39, 0.29) is 23.7 Å². The maximum atomic E-state index is 12.5. The third kappa shape index (κ3) is 5.31. The van der Waals surface area contributed by atoms with Crippen molar-refractivity contribution in [2.24, 2.45) is 11.8 Å². The Morgan fingerprint density at radius 3 is 2.21 bits per heavy atom. The largest absolute Gasteiger partial charge is 0.378 e. The average Bonchev–Trinajstić information content (AvgIpc) is 2.73. The lowest BCUT2D eigenvalue weighted by Crippen LogP contribution is -2.35. The second-order valence-electron chi connectivity index (χ2n) is 7.56. The van der Waals surface area contributed by atoms with Gasteiger partial charge in [0.2, 0.25) is 11.8 Å². The van der Waals surface area contributed by atoms with Crippen LogP contribution in [0.4, 0.5) is 11.4 Å². The summed E-state index contributed by atoms with van der Waals surface area (Å²) in [6, 6.07) is 11.6. The van der Waals surface area contributed by atoms with Crippen molar-refractivity contribution in [3.8, 4) is 0 Å². The Bertz CT molecular complexity index is 782. The lowest BCUT2D eigenvalue weighted by molar-refractivity contribution is -0.128. The van der Waals surface area contributed by atoms with Crippen molar-refractivity contribution in [3.05, 3.63) is 54.4 Å². The maximum absolute atomic E-state index is 12.5. The Labute approximate surface area is 166 Å². The Hall–Kier alpha value is -2.89. The molecule has 1 fully saturated rings. The number of nitrogens with zero attached hydrogens (tertiary/aromatic N) is 2. The van der Waals surface area contributed by atoms with E-state index < -0.39 is 0 Å². The standard InChI is InChI=1S/C22H28N4O2/c1-26(2)20-11-9-19(10-12-20)25-22(28)18-7-5-17(6-8-18)21(27)24-15-16-4-3-13-23-14-16/h3-4,9-14,17-18H,5-8,15H2,1-2H3,(H,24,27)(H,25,28). The Morgan fingerprint density at radius 1 is 1.00 bits per heavy atom. The van der Waals surface area contributed by atoms with Gasteiger partial charge in [0.05, 0.1) is 0 Å². The number of rotatable bonds is 6. The van der Waals surface area contributed by atoms with Crippen molar-refractivity contribution in [1.82, 2.24) is 10.3 Å². The van der Waals surface area contributed by atoms with Crippen LogP contribution < -0.4 is 15.5 Å². The summed E-state index contributed by atoms with van der Waals surface area (Å²) in [5.74, 6) is 0.0739. The second kappa shape index (κ2) is 9.35. The van der Waals surface area contributed by atoms with Crippen molar-refractivity contribution >= 4 is 23.2 Å². The molecule has 0 saturated heterocycles. The van der Waals surface area contributed by atoms with Crippen LogP contribution >= 0.6 is 0 Å². The van der Waals surface area contributed by atoms with E-state index in [2.05, 4.69) is 15.6 Å². The summed E-state index contributed by atoms with van der Waals surface area (Å²) in [4.78, 5) is 31.0. The minimum Gasteiger partial charge on any atom is -0.378 e. The van der Waals surface area contributed by atoms with Gasteiger partial charge < -0.3 is 15.5 Å². The summed E-state index contributed by atoms with van der Waals surface area (Å²) in [5, 5.41) is 5.99. The fraction of sp³-hybridized carbons (Fsp3) is 0.409. The van der Waals surface area contributed by atoms with E-state index in [1.165, 1.54) is 0 Å². The highest BCUT2D eigenvalue weighted by Gasteiger charge is 2.29. The highest BCUT2D eigenvalue weighted by molar-refractivity contribution is 5.93. The van der Waals surface area contributed by atoms with Gasteiger partial charge in [-0.2, -0.15) is 0 Å². The molecule has 6 heteroatoms. The van der Waals surface area contributed by atoms with E-state index in [4.69, 9.17) is 0 Å². The maximum Gasteiger partial charge on any atom is 0.227 e.